The highest BCUT2D eigenvalue weighted by Gasteiger charge is 2.26. The van der Waals surface area contributed by atoms with Gasteiger partial charge in [-0.25, -0.2) is 8.42 Å². The van der Waals surface area contributed by atoms with Crippen molar-refractivity contribution in [3.8, 4) is 5.75 Å². The van der Waals surface area contributed by atoms with Crippen molar-refractivity contribution in [3.05, 3.63) is 22.7 Å². The van der Waals surface area contributed by atoms with Gasteiger partial charge < -0.3 is 9.84 Å². The summed E-state index contributed by atoms with van der Waals surface area (Å²) in [5, 5.41) is 8.90. The minimum atomic E-state index is -3.97. The molecule has 0 heterocycles. The molecule has 0 aliphatic heterocycles. The standard InChI is InChI=1S/C11H14BrNO5S/c1-3-8(11(14)15)13-19(16,17)10-6-7(12)4-5-9(10)18-2/h4-6,8,13H,3H2,1-2H3,(H,14,15)/t8-/m0/s1. The van der Waals surface area contributed by atoms with Crippen molar-refractivity contribution in [2.24, 2.45) is 0 Å². The number of ether oxygens (including phenoxy) is 1. The predicted octanol–water partition coefficient (Wildman–Crippen LogP) is 1.60. The maximum Gasteiger partial charge on any atom is 0.321 e. The van der Waals surface area contributed by atoms with Gasteiger partial charge in [0.15, 0.2) is 0 Å². The summed E-state index contributed by atoms with van der Waals surface area (Å²) in [4.78, 5) is 10.8. The molecule has 0 aliphatic rings. The number of sulfonamides is 1. The summed E-state index contributed by atoms with van der Waals surface area (Å²) in [7, 11) is -2.62. The van der Waals surface area contributed by atoms with Crippen LogP contribution < -0.4 is 9.46 Å². The molecule has 19 heavy (non-hydrogen) atoms. The highest BCUT2D eigenvalue weighted by Crippen LogP contribution is 2.27. The number of hydrogen-bond donors (Lipinski definition) is 2. The Hall–Kier alpha value is -1.12. The van der Waals surface area contributed by atoms with Gasteiger partial charge in [-0.3, -0.25) is 4.79 Å². The van der Waals surface area contributed by atoms with Gasteiger partial charge in [-0.1, -0.05) is 22.9 Å². The summed E-state index contributed by atoms with van der Waals surface area (Å²) in [6.45, 7) is 1.58. The van der Waals surface area contributed by atoms with Gasteiger partial charge in [-0.05, 0) is 24.6 Å². The average Bonchev–Trinajstić information content (AvgIpc) is 2.35. The smallest absolute Gasteiger partial charge is 0.321 e. The molecule has 0 fully saturated rings. The second kappa shape index (κ2) is 6.36. The lowest BCUT2D eigenvalue weighted by atomic mass is 10.2. The van der Waals surface area contributed by atoms with Crippen LogP contribution in [0.5, 0.6) is 5.75 Å². The molecule has 0 radical (unpaired) electrons. The topological polar surface area (TPSA) is 92.7 Å². The zero-order chi connectivity index (χ0) is 14.6. The minimum absolute atomic E-state index is 0.107. The van der Waals surface area contributed by atoms with Crippen LogP contribution >= 0.6 is 15.9 Å². The second-order valence-electron chi connectivity index (χ2n) is 3.72. The van der Waals surface area contributed by atoms with Crippen LogP contribution in [0.1, 0.15) is 13.3 Å². The predicted molar refractivity (Wildman–Crippen MR) is 72.7 cm³/mol. The number of benzene rings is 1. The van der Waals surface area contributed by atoms with E-state index in [4.69, 9.17) is 9.84 Å². The first-order valence-electron chi connectivity index (χ1n) is 5.40. The Labute approximate surface area is 120 Å². The van der Waals surface area contributed by atoms with E-state index < -0.39 is 22.0 Å². The lowest BCUT2D eigenvalue weighted by molar-refractivity contribution is -0.139. The lowest BCUT2D eigenvalue weighted by Crippen LogP contribution is -2.40. The Morgan fingerprint density at radius 1 is 1.53 bits per heavy atom. The van der Waals surface area contributed by atoms with E-state index in [0.29, 0.717) is 4.47 Å². The summed E-state index contributed by atoms with van der Waals surface area (Å²) in [5.74, 6) is -1.07. The van der Waals surface area contributed by atoms with Gasteiger partial charge in [-0.15, -0.1) is 0 Å². The molecule has 0 saturated heterocycles. The normalized spacial score (nSPS) is 13.0. The first kappa shape index (κ1) is 15.9. The lowest BCUT2D eigenvalue weighted by Gasteiger charge is -2.15. The van der Waals surface area contributed by atoms with E-state index in [-0.39, 0.29) is 17.1 Å². The summed E-state index contributed by atoms with van der Waals surface area (Å²) in [6.07, 6.45) is 0.144. The Kier molecular flexibility index (Phi) is 5.33. The molecular formula is C11H14BrNO5S. The Morgan fingerprint density at radius 3 is 2.63 bits per heavy atom. The number of halogens is 1. The zero-order valence-electron chi connectivity index (χ0n) is 10.4. The fourth-order valence-corrected chi connectivity index (χ4v) is 3.40. The maximum absolute atomic E-state index is 12.2. The Morgan fingerprint density at radius 2 is 2.16 bits per heavy atom. The van der Waals surface area contributed by atoms with Crippen molar-refractivity contribution in [2.45, 2.75) is 24.3 Å². The van der Waals surface area contributed by atoms with Crippen molar-refractivity contribution in [2.75, 3.05) is 7.11 Å². The number of nitrogens with one attached hydrogen (secondary N) is 1. The molecule has 0 aliphatic carbocycles. The molecule has 0 aromatic heterocycles. The molecule has 8 heteroatoms. The molecule has 0 bridgehead atoms. The van der Waals surface area contributed by atoms with Crippen LogP contribution in [0, 0.1) is 0 Å². The van der Waals surface area contributed by atoms with Crippen molar-refractivity contribution >= 4 is 31.9 Å². The van der Waals surface area contributed by atoms with Crippen LogP contribution in [0.25, 0.3) is 0 Å². The molecule has 0 unspecified atom stereocenters. The van der Waals surface area contributed by atoms with Crippen molar-refractivity contribution in [1.29, 1.82) is 0 Å². The summed E-state index contributed by atoms with van der Waals surface area (Å²) in [6, 6.07) is 3.30. The van der Waals surface area contributed by atoms with Crippen LogP contribution in [0.2, 0.25) is 0 Å². The van der Waals surface area contributed by atoms with Gasteiger partial charge >= 0.3 is 5.97 Å². The zero-order valence-corrected chi connectivity index (χ0v) is 12.8. The van der Waals surface area contributed by atoms with E-state index >= 15 is 0 Å². The summed E-state index contributed by atoms with van der Waals surface area (Å²) >= 11 is 3.17. The first-order chi connectivity index (χ1) is 8.81. The highest BCUT2D eigenvalue weighted by atomic mass is 79.9. The minimum Gasteiger partial charge on any atom is -0.495 e. The fourth-order valence-electron chi connectivity index (χ4n) is 1.42. The molecule has 2 N–H and O–H groups in total. The summed E-state index contributed by atoms with van der Waals surface area (Å²) in [5.41, 5.74) is 0. The molecule has 0 saturated carbocycles. The third kappa shape index (κ3) is 3.92. The van der Waals surface area contributed by atoms with E-state index in [2.05, 4.69) is 20.7 Å². The van der Waals surface area contributed by atoms with E-state index in [1.54, 1.807) is 13.0 Å². The molecule has 1 atom stereocenters. The Bertz CT molecular complexity index is 572. The van der Waals surface area contributed by atoms with E-state index in [1.807, 2.05) is 0 Å². The number of methoxy groups -OCH3 is 1. The number of carboxylic acid groups (broad SMARTS) is 1. The van der Waals surface area contributed by atoms with E-state index in [1.165, 1.54) is 19.2 Å². The SMILES string of the molecule is CC[C@H](NS(=O)(=O)c1cc(Br)ccc1OC)C(=O)O. The van der Waals surface area contributed by atoms with Crippen molar-refractivity contribution < 1.29 is 23.1 Å². The van der Waals surface area contributed by atoms with Gasteiger partial charge in [0, 0.05) is 4.47 Å². The van der Waals surface area contributed by atoms with Crippen LogP contribution in [-0.4, -0.2) is 32.6 Å². The van der Waals surface area contributed by atoms with E-state index in [9.17, 15) is 13.2 Å². The van der Waals surface area contributed by atoms with Gasteiger partial charge in [0.2, 0.25) is 10.0 Å². The number of carbonyl (C=O) groups is 1. The third-order valence-corrected chi connectivity index (χ3v) is 4.41. The van der Waals surface area contributed by atoms with Gasteiger partial charge in [-0.2, -0.15) is 4.72 Å². The first-order valence-corrected chi connectivity index (χ1v) is 7.68. The molecule has 1 rings (SSSR count). The van der Waals surface area contributed by atoms with Gasteiger partial charge in [0.1, 0.15) is 16.7 Å². The van der Waals surface area contributed by atoms with Crippen LogP contribution in [-0.2, 0) is 14.8 Å². The van der Waals surface area contributed by atoms with Gasteiger partial charge in [0.05, 0.1) is 7.11 Å². The van der Waals surface area contributed by atoms with Gasteiger partial charge in [0.25, 0.3) is 0 Å². The molecular weight excluding hydrogens is 338 g/mol. The van der Waals surface area contributed by atoms with Crippen molar-refractivity contribution in [3.63, 3.8) is 0 Å². The average molecular weight is 352 g/mol. The third-order valence-electron chi connectivity index (χ3n) is 2.42. The second-order valence-corrected chi connectivity index (χ2v) is 6.31. The quantitative estimate of drug-likeness (QED) is 0.811. The molecule has 1 aromatic rings. The van der Waals surface area contributed by atoms with Crippen LogP contribution in [0.15, 0.2) is 27.6 Å². The molecule has 1 aromatic carbocycles. The van der Waals surface area contributed by atoms with E-state index in [0.717, 1.165) is 0 Å². The van der Waals surface area contributed by atoms with Crippen LogP contribution in [0.3, 0.4) is 0 Å². The summed E-state index contributed by atoms with van der Waals surface area (Å²) < 4.78 is 32.0. The number of hydrogen-bond acceptors (Lipinski definition) is 4. The number of carboxylic acids is 1. The number of aliphatic carboxylic acids is 1. The monoisotopic (exact) mass is 351 g/mol. The maximum atomic E-state index is 12.2. The van der Waals surface area contributed by atoms with Crippen molar-refractivity contribution in [1.82, 2.24) is 4.72 Å². The molecule has 106 valence electrons. The molecule has 6 nitrogen and oxygen atoms in total. The molecule has 0 spiro atoms. The fraction of sp³-hybridized carbons (Fsp3) is 0.364. The largest absolute Gasteiger partial charge is 0.495 e. The Balaban J connectivity index is 3.20. The molecule has 0 amide bonds. The number of rotatable bonds is 6. The highest BCUT2D eigenvalue weighted by molar-refractivity contribution is 9.10. The van der Waals surface area contributed by atoms with Crippen LogP contribution in [0.4, 0.5) is 0 Å².